The number of nitrogens with zero attached hydrogens (tertiary/aromatic N) is 2. The van der Waals surface area contributed by atoms with Crippen molar-refractivity contribution in [3.8, 4) is 67.8 Å². The molecule has 0 unspecified atom stereocenters. The van der Waals surface area contributed by atoms with Gasteiger partial charge in [-0.25, -0.2) is 0 Å². The molecule has 10 rings (SSSR count). The quantitative estimate of drug-likeness (QED) is 0.180. The van der Waals surface area contributed by atoms with E-state index in [2.05, 4.69) is 91.0 Å². The van der Waals surface area contributed by atoms with Crippen LogP contribution >= 0.6 is 0 Å². The van der Waals surface area contributed by atoms with Gasteiger partial charge in [0.2, 0.25) is 0 Å². The van der Waals surface area contributed by atoms with Crippen LogP contribution in [0.1, 0.15) is 11.1 Å². The summed E-state index contributed by atoms with van der Waals surface area (Å²) >= 11 is 0. The molecular weight excluding hydrogens is 661 g/mol. The molecule has 2 heterocycles. The molecule has 2 aromatic heterocycles. The summed E-state index contributed by atoms with van der Waals surface area (Å²) in [4.78, 5) is 0. The largest absolute Gasteiger partial charge is 0.456 e. The second-order valence-corrected chi connectivity index (χ2v) is 13.5. The van der Waals surface area contributed by atoms with Crippen molar-refractivity contribution in [1.29, 1.82) is 10.5 Å². The summed E-state index contributed by atoms with van der Waals surface area (Å²) in [6.07, 6.45) is 0. The molecule has 4 nitrogen and oxygen atoms in total. The Morgan fingerprint density at radius 3 is 1.41 bits per heavy atom. The molecular formula is C50H28N2O2. The van der Waals surface area contributed by atoms with Crippen LogP contribution in [0.3, 0.4) is 0 Å². The third-order valence-corrected chi connectivity index (χ3v) is 10.3. The first-order chi connectivity index (χ1) is 26.6. The molecule has 0 N–H and O–H groups in total. The molecule has 54 heavy (non-hydrogen) atoms. The maximum atomic E-state index is 10.1. The minimum Gasteiger partial charge on any atom is -0.456 e. The molecule has 4 heteroatoms. The molecule has 0 saturated carbocycles. The van der Waals surface area contributed by atoms with Crippen LogP contribution in [0.2, 0.25) is 0 Å². The summed E-state index contributed by atoms with van der Waals surface area (Å²) in [7, 11) is 0. The Hall–Kier alpha value is -7.66. The lowest BCUT2D eigenvalue weighted by molar-refractivity contribution is 0.669. The van der Waals surface area contributed by atoms with Crippen LogP contribution in [0.15, 0.2) is 179 Å². The average Bonchev–Trinajstić information content (AvgIpc) is 3.81. The highest BCUT2D eigenvalue weighted by molar-refractivity contribution is 6.10. The van der Waals surface area contributed by atoms with Crippen LogP contribution in [0, 0.1) is 22.7 Å². The second kappa shape index (κ2) is 12.5. The van der Waals surface area contributed by atoms with Crippen LogP contribution in [0.4, 0.5) is 0 Å². The van der Waals surface area contributed by atoms with Crippen LogP contribution in [-0.2, 0) is 0 Å². The minimum absolute atomic E-state index is 0.584. The molecule has 0 aliphatic carbocycles. The van der Waals surface area contributed by atoms with E-state index < -0.39 is 0 Å². The van der Waals surface area contributed by atoms with Gasteiger partial charge < -0.3 is 8.83 Å². The first-order valence-electron chi connectivity index (χ1n) is 17.8. The van der Waals surface area contributed by atoms with Crippen LogP contribution < -0.4 is 0 Å². The fraction of sp³-hybridized carbons (Fsp3) is 0. The summed E-state index contributed by atoms with van der Waals surface area (Å²) in [6, 6.07) is 62.1. The molecule has 8 aromatic carbocycles. The minimum atomic E-state index is 0.584. The summed E-state index contributed by atoms with van der Waals surface area (Å²) in [5, 5.41) is 24.5. The molecule has 10 aromatic rings. The van der Waals surface area contributed by atoms with E-state index in [0.717, 1.165) is 99.5 Å². The van der Waals surface area contributed by atoms with Gasteiger partial charge >= 0.3 is 0 Å². The summed E-state index contributed by atoms with van der Waals surface area (Å²) in [5.41, 5.74) is 14.0. The lowest BCUT2D eigenvalue weighted by Gasteiger charge is -2.15. The van der Waals surface area contributed by atoms with Gasteiger partial charge in [0.1, 0.15) is 22.3 Å². The maximum absolute atomic E-state index is 10.1. The molecule has 0 radical (unpaired) electrons. The van der Waals surface area contributed by atoms with Gasteiger partial charge in [-0.3, -0.25) is 0 Å². The van der Waals surface area contributed by atoms with Gasteiger partial charge in [-0.15, -0.1) is 0 Å². The third kappa shape index (κ3) is 5.14. The third-order valence-electron chi connectivity index (χ3n) is 10.3. The SMILES string of the molecule is N#Cc1ccccc1-c1cc(-c2cc(-c3ccc4oc5ccccc5c4c3)cc(-c3cccc4c3oc3ccccc34)c2)cc(-c2ccccc2C#N)c1. The van der Waals surface area contributed by atoms with Crippen LogP contribution in [0.25, 0.3) is 99.5 Å². The maximum Gasteiger partial charge on any atom is 0.143 e. The summed E-state index contributed by atoms with van der Waals surface area (Å²) < 4.78 is 12.8. The van der Waals surface area contributed by atoms with E-state index in [1.165, 1.54) is 0 Å². The number of benzene rings is 8. The highest BCUT2D eigenvalue weighted by atomic mass is 16.3. The van der Waals surface area contributed by atoms with E-state index in [-0.39, 0.29) is 0 Å². The Kier molecular flexibility index (Phi) is 7.22. The van der Waals surface area contributed by atoms with Crippen molar-refractivity contribution >= 4 is 43.9 Å². The predicted molar refractivity (Wildman–Crippen MR) is 218 cm³/mol. The fourth-order valence-corrected chi connectivity index (χ4v) is 7.77. The Morgan fingerprint density at radius 1 is 0.315 bits per heavy atom. The molecule has 0 fully saturated rings. The predicted octanol–water partition coefficient (Wildman–Crippen LogP) is 13.6. The van der Waals surface area contributed by atoms with E-state index in [4.69, 9.17) is 8.83 Å². The molecule has 250 valence electrons. The molecule has 0 aliphatic heterocycles. The van der Waals surface area contributed by atoms with Crippen LogP contribution in [0.5, 0.6) is 0 Å². The first-order valence-corrected chi connectivity index (χ1v) is 17.8. The van der Waals surface area contributed by atoms with Gasteiger partial charge in [0.05, 0.1) is 23.3 Å². The number of hydrogen-bond acceptors (Lipinski definition) is 4. The Labute approximate surface area is 311 Å². The smallest absolute Gasteiger partial charge is 0.143 e. The number of para-hydroxylation sites is 3. The molecule has 0 atom stereocenters. The zero-order valence-electron chi connectivity index (χ0n) is 28.9. The molecule has 0 amide bonds. The van der Waals surface area contributed by atoms with Crippen molar-refractivity contribution in [2.45, 2.75) is 0 Å². The van der Waals surface area contributed by atoms with Crippen molar-refractivity contribution in [3.63, 3.8) is 0 Å². The lowest BCUT2D eigenvalue weighted by Crippen LogP contribution is -1.91. The highest BCUT2D eigenvalue weighted by Crippen LogP contribution is 2.42. The van der Waals surface area contributed by atoms with E-state index >= 15 is 0 Å². The Morgan fingerprint density at radius 2 is 0.759 bits per heavy atom. The molecule has 0 bridgehead atoms. The molecule has 0 spiro atoms. The van der Waals surface area contributed by atoms with Crippen molar-refractivity contribution in [1.82, 2.24) is 0 Å². The van der Waals surface area contributed by atoms with Crippen molar-refractivity contribution in [2.75, 3.05) is 0 Å². The lowest BCUT2D eigenvalue weighted by atomic mass is 9.88. The molecule has 0 saturated heterocycles. The van der Waals surface area contributed by atoms with Crippen molar-refractivity contribution < 1.29 is 8.83 Å². The highest BCUT2D eigenvalue weighted by Gasteiger charge is 2.18. The Bertz CT molecular complexity index is 3130. The topological polar surface area (TPSA) is 73.9 Å². The number of furan rings is 2. The van der Waals surface area contributed by atoms with Crippen molar-refractivity contribution in [3.05, 3.63) is 181 Å². The van der Waals surface area contributed by atoms with Gasteiger partial charge in [-0.05, 0) is 123 Å². The van der Waals surface area contributed by atoms with Gasteiger partial charge in [0.25, 0.3) is 0 Å². The van der Waals surface area contributed by atoms with E-state index in [1.807, 2.05) is 91.0 Å². The fourth-order valence-electron chi connectivity index (χ4n) is 7.77. The van der Waals surface area contributed by atoms with E-state index in [9.17, 15) is 10.5 Å². The number of hydrogen-bond donors (Lipinski definition) is 0. The molecule has 0 aliphatic rings. The van der Waals surface area contributed by atoms with E-state index in [0.29, 0.717) is 11.1 Å². The first kappa shape index (κ1) is 31.1. The van der Waals surface area contributed by atoms with Crippen LogP contribution in [-0.4, -0.2) is 0 Å². The number of rotatable bonds is 5. The zero-order chi connectivity index (χ0) is 36.2. The van der Waals surface area contributed by atoms with Gasteiger partial charge in [0, 0.05) is 27.1 Å². The Balaban J connectivity index is 1.26. The number of fused-ring (bicyclic) bond motifs is 6. The summed E-state index contributed by atoms with van der Waals surface area (Å²) in [6.45, 7) is 0. The van der Waals surface area contributed by atoms with Crippen molar-refractivity contribution in [2.24, 2.45) is 0 Å². The standard InChI is InChI=1S/C50H28N2O2/c51-29-32-10-1-3-12-40(32)37-24-36(25-38(27-37)41-13-4-2-11-33(41)30-52)35-22-34(31-20-21-49-46(28-31)44-15-6-7-18-47(44)53-49)23-39(26-35)42-16-9-17-45-43-14-5-8-19-48(43)54-50(42)45/h1-28H. The summed E-state index contributed by atoms with van der Waals surface area (Å²) in [5.74, 6) is 0. The average molecular weight is 689 g/mol. The normalized spacial score (nSPS) is 11.3. The zero-order valence-corrected chi connectivity index (χ0v) is 28.9. The van der Waals surface area contributed by atoms with Gasteiger partial charge in [-0.1, -0.05) is 97.1 Å². The second-order valence-electron chi connectivity index (χ2n) is 13.5. The van der Waals surface area contributed by atoms with Gasteiger partial charge in [0.15, 0.2) is 0 Å². The monoisotopic (exact) mass is 688 g/mol. The van der Waals surface area contributed by atoms with E-state index in [1.54, 1.807) is 0 Å². The number of nitriles is 2. The van der Waals surface area contributed by atoms with Gasteiger partial charge in [-0.2, -0.15) is 10.5 Å².